The molecule has 1 aliphatic rings. The number of hydrazine groups is 1. The average Bonchev–Trinajstić information content (AvgIpc) is 2.13. The van der Waals surface area contributed by atoms with Gasteiger partial charge in [-0.05, 0) is 19.3 Å². The summed E-state index contributed by atoms with van der Waals surface area (Å²) in [6.07, 6.45) is 2.97. The van der Waals surface area contributed by atoms with Crippen LogP contribution in [-0.2, 0) is 4.79 Å². The van der Waals surface area contributed by atoms with Crippen molar-refractivity contribution >= 4 is 5.91 Å². The van der Waals surface area contributed by atoms with E-state index >= 15 is 0 Å². The fraction of sp³-hybridized carbons (Fsp3) is 0.833. The van der Waals surface area contributed by atoms with E-state index in [4.69, 9.17) is 5.84 Å². The van der Waals surface area contributed by atoms with Gasteiger partial charge in [-0.1, -0.05) is 0 Å². The summed E-state index contributed by atoms with van der Waals surface area (Å²) in [6.45, 7) is 0.789. The van der Waals surface area contributed by atoms with Gasteiger partial charge in [-0.25, -0.2) is 5.43 Å². The van der Waals surface area contributed by atoms with Crippen LogP contribution in [0.4, 0.5) is 0 Å². The minimum atomic E-state index is -0.178. The van der Waals surface area contributed by atoms with Gasteiger partial charge in [0.15, 0.2) is 0 Å². The molecule has 1 heterocycles. The summed E-state index contributed by atoms with van der Waals surface area (Å²) < 4.78 is 0. The Balaban J connectivity index is 2.43. The van der Waals surface area contributed by atoms with Crippen molar-refractivity contribution in [3.05, 3.63) is 0 Å². The first-order chi connectivity index (χ1) is 4.84. The highest BCUT2D eigenvalue weighted by Gasteiger charge is 2.17. The van der Waals surface area contributed by atoms with Crippen LogP contribution in [0.2, 0.25) is 0 Å². The summed E-state index contributed by atoms with van der Waals surface area (Å²) in [5, 5.41) is 2.76. The summed E-state index contributed by atoms with van der Waals surface area (Å²) in [5.74, 6) is 5.18. The lowest BCUT2D eigenvalue weighted by Crippen LogP contribution is -2.45. The van der Waals surface area contributed by atoms with Crippen molar-refractivity contribution in [2.24, 2.45) is 5.84 Å². The molecule has 4 nitrogen and oxygen atoms in total. The van der Waals surface area contributed by atoms with Gasteiger partial charge in [-0.2, -0.15) is 0 Å². The molecule has 1 fully saturated rings. The molecule has 0 aromatic carbocycles. The van der Waals surface area contributed by atoms with E-state index in [0.717, 1.165) is 25.8 Å². The molecule has 0 aromatic heterocycles. The first-order valence-corrected chi connectivity index (χ1v) is 3.58. The van der Waals surface area contributed by atoms with Gasteiger partial charge in [-0.3, -0.25) is 10.6 Å². The first-order valence-electron chi connectivity index (χ1n) is 3.58. The smallest absolute Gasteiger partial charge is 0.238 e. The molecular weight excluding hydrogens is 130 g/mol. The molecule has 1 aliphatic heterocycles. The fourth-order valence-corrected chi connectivity index (χ4v) is 1.10. The van der Waals surface area contributed by atoms with Gasteiger partial charge >= 0.3 is 0 Å². The van der Waals surface area contributed by atoms with Crippen LogP contribution in [0.5, 0.6) is 0 Å². The number of rotatable bonds is 1. The topological polar surface area (TPSA) is 67.2 Å². The standard InChI is InChI=1S/C6H13N3O/c7-9-5-3-1-2-4-8-6(5)10/h5,9H,1-4,7H2,(H,8,10). The second kappa shape index (κ2) is 3.53. The highest BCUT2D eigenvalue weighted by atomic mass is 16.2. The number of hydrogen-bond donors (Lipinski definition) is 3. The summed E-state index contributed by atoms with van der Waals surface area (Å²) >= 11 is 0. The maximum Gasteiger partial charge on any atom is 0.238 e. The maximum atomic E-state index is 11.0. The van der Waals surface area contributed by atoms with Crippen molar-refractivity contribution in [1.29, 1.82) is 0 Å². The van der Waals surface area contributed by atoms with Gasteiger partial charge in [0.1, 0.15) is 0 Å². The Labute approximate surface area is 60.1 Å². The maximum absolute atomic E-state index is 11.0. The molecule has 0 saturated carbocycles. The van der Waals surface area contributed by atoms with Gasteiger partial charge < -0.3 is 5.32 Å². The van der Waals surface area contributed by atoms with Crippen LogP contribution >= 0.6 is 0 Å². The van der Waals surface area contributed by atoms with Crippen LogP contribution in [-0.4, -0.2) is 18.5 Å². The molecular formula is C6H13N3O. The minimum Gasteiger partial charge on any atom is -0.355 e. The van der Waals surface area contributed by atoms with Gasteiger partial charge in [0.05, 0.1) is 6.04 Å². The van der Waals surface area contributed by atoms with E-state index in [2.05, 4.69) is 10.7 Å². The number of nitrogens with two attached hydrogens (primary N) is 1. The van der Waals surface area contributed by atoms with E-state index in [-0.39, 0.29) is 11.9 Å². The molecule has 4 heteroatoms. The number of nitrogens with one attached hydrogen (secondary N) is 2. The highest BCUT2D eigenvalue weighted by Crippen LogP contribution is 2.03. The monoisotopic (exact) mass is 143 g/mol. The molecule has 1 saturated heterocycles. The van der Waals surface area contributed by atoms with E-state index in [1.54, 1.807) is 0 Å². The van der Waals surface area contributed by atoms with Crippen molar-refractivity contribution in [3.63, 3.8) is 0 Å². The van der Waals surface area contributed by atoms with E-state index < -0.39 is 0 Å². The molecule has 0 radical (unpaired) electrons. The third-order valence-corrected chi connectivity index (χ3v) is 1.74. The summed E-state index contributed by atoms with van der Waals surface area (Å²) in [7, 11) is 0. The molecule has 0 aromatic rings. The van der Waals surface area contributed by atoms with Gasteiger partial charge in [-0.15, -0.1) is 0 Å². The van der Waals surface area contributed by atoms with Crippen LogP contribution in [0.1, 0.15) is 19.3 Å². The Hall–Kier alpha value is -0.610. The predicted octanol–water partition coefficient (Wildman–Crippen LogP) is -0.882. The van der Waals surface area contributed by atoms with Gasteiger partial charge in [0, 0.05) is 6.54 Å². The predicted molar refractivity (Wildman–Crippen MR) is 38.0 cm³/mol. The normalized spacial score (nSPS) is 27.3. The van der Waals surface area contributed by atoms with E-state index in [1.165, 1.54) is 0 Å². The highest BCUT2D eigenvalue weighted by molar-refractivity contribution is 5.81. The largest absolute Gasteiger partial charge is 0.355 e. The number of carbonyl (C=O) groups is 1. The molecule has 1 amide bonds. The molecule has 10 heavy (non-hydrogen) atoms. The zero-order chi connectivity index (χ0) is 7.40. The van der Waals surface area contributed by atoms with Crippen LogP contribution in [0.25, 0.3) is 0 Å². The Kier molecular flexibility index (Phi) is 2.65. The lowest BCUT2D eigenvalue weighted by Gasteiger charge is -2.09. The van der Waals surface area contributed by atoms with Gasteiger partial charge in [0.25, 0.3) is 0 Å². The van der Waals surface area contributed by atoms with Crippen molar-refractivity contribution in [2.75, 3.05) is 6.54 Å². The average molecular weight is 143 g/mol. The van der Waals surface area contributed by atoms with Crippen molar-refractivity contribution in [1.82, 2.24) is 10.7 Å². The second-order valence-corrected chi connectivity index (χ2v) is 2.51. The summed E-state index contributed by atoms with van der Waals surface area (Å²) in [6, 6.07) is -0.178. The quantitative estimate of drug-likeness (QED) is 0.330. The Bertz CT molecular complexity index is 126. The molecule has 4 N–H and O–H groups in total. The zero-order valence-electron chi connectivity index (χ0n) is 5.89. The zero-order valence-corrected chi connectivity index (χ0v) is 5.89. The third kappa shape index (κ3) is 1.68. The number of hydrogen-bond acceptors (Lipinski definition) is 3. The van der Waals surface area contributed by atoms with Crippen molar-refractivity contribution in [2.45, 2.75) is 25.3 Å². The van der Waals surface area contributed by atoms with Gasteiger partial charge in [0.2, 0.25) is 5.91 Å². The number of amides is 1. The van der Waals surface area contributed by atoms with Crippen LogP contribution in [0, 0.1) is 0 Å². The SMILES string of the molecule is NNC1CCCCNC1=O. The second-order valence-electron chi connectivity index (χ2n) is 2.51. The van der Waals surface area contributed by atoms with E-state index in [1.807, 2.05) is 0 Å². The Morgan fingerprint density at radius 3 is 3.10 bits per heavy atom. The Morgan fingerprint density at radius 1 is 1.60 bits per heavy atom. The van der Waals surface area contributed by atoms with E-state index in [9.17, 15) is 4.79 Å². The fourth-order valence-electron chi connectivity index (χ4n) is 1.10. The third-order valence-electron chi connectivity index (χ3n) is 1.74. The molecule has 0 aliphatic carbocycles. The minimum absolute atomic E-state index is 0.0278. The molecule has 0 bridgehead atoms. The molecule has 0 spiro atoms. The molecule has 1 rings (SSSR count). The molecule has 58 valence electrons. The van der Waals surface area contributed by atoms with Crippen molar-refractivity contribution in [3.8, 4) is 0 Å². The van der Waals surface area contributed by atoms with Crippen LogP contribution in [0.15, 0.2) is 0 Å². The lowest BCUT2D eigenvalue weighted by atomic mass is 10.1. The summed E-state index contributed by atoms with van der Waals surface area (Å²) in [5.41, 5.74) is 2.48. The van der Waals surface area contributed by atoms with Crippen molar-refractivity contribution < 1.29 is 4.79 Å². The summed E-state index contributed by atoms with van der Waals surface area (Å²) in [4.78, 5) is 11.0. The van der Waals surface area contributed by atoms with E-state index in [0.29, 0.717) is 0 Å². The van der Waals surface area contributed by atoms with Crippen LogP contribution in [0.3, 0.4) is 0 Å². The Morgan fingerprint density at radius 2 is 2.40 bits per heavy atom. The number of carbonyl (C=O) groups excluding carboxylic acids is 1. The molecule has 1 atom stereocenters. The first kappa shape index (κ1) is 7.50. The molecule has 1 unspecified atom stereocenters. The van der Waals surface area contributed by atoms with Crippen LogP contribution < -0.4 is 16.6 Å². The lowest BCUT2D eigenvalue weighted by molar-refractivity contribution is -0.122.